The molecular weight excluding hydrogens is 401 g/mol. The van der Waals surface area contributed by atoms with E-state index in [1.165, 1.54) is 35.6 Å². The highest BCUT2D eigenvalue weighted by atomic mass is 16.3. The Morgan fingerprint density at radius 3 is 2.69 bits per heavy atom. The number of benzene rings is 1. The van der Waals surface area contributed by atoms with Crippen LogP contribution in [0, 0.1) is 5.92 Å². The zero-order chi connectivity index (χ0) is 21.8. The first-order valence-corrected chi connectivity index (χ1v) is 11.3. The molecule has 5 heterocycles. The van der Waals surface area contributed by atoms with Crippen molar-refractivity contribution in [1.29, 1.82) is 0 Å². The molecule has 5 aliphatic heterocycles. The van der Waals surface area contributed by atoms with Gasteiger partial charge in [-0.15, -0.1) is 5.53 Å². The van der Waals surface area contributed by atoms with E-state index in [1.54, 1.807) is 0 Å². The van der Waals surface area contributed by atoms with Crippen LogP contribution in [0.4, 0.5) is 5.69 Å². The van der Waals surface area contributed by atoms with Crippen LogP contribution in [-0.4, -0.2) is 63.6 Å². The summed E-state index contributed by atoms with van der Waals surface area (Å²) in [6.07, 6.45) is 11.3. The summed E-state index contributed by atoms with van der Waals surface area (Å²) < 4.78 is 2.48. The second-order valence-corrected chi connectivity index (χ2v) is 8.94. The maximum atomic E-state index is 9.54. The number of nitrogens with two attached hydrogens (primary N) is 1. The quantitative estimate of drug-likeness (QED) is 0.323. The van der Waals surface area contributed by atoms with E-state index in [-0.39, 0.29) is 18.7 Å². The number of rotatable bonds is 3. The molecule has 1 aromatic carbocycles. The molecule has 0 bridgehead atoms. The molecule has 1 radical (unpaired) electrons. The number of allylic oxidation sites excluding steroid dienone is 2. The zero-order valence-corrected chi connectivity index (χ0v) is 18.2. The molecular formula is C23H28BN7O+. The number of nitrogens with one attached hydrogen (secondary N) is 2. The van der Waals surface area contributed by atoms with E-state index in [1.807, 2.05) is 23.3 Å². The first-order valence-electron chi connectivity index (χ1n) is 11.3. The van der Waals surface area contributed by atoms with Gasteiger partial charge in [-0.05, 0) is 36.6 Å². The average molecular weight is 429 g/mol. The van der Waals surface area contributed by atoms with Crippen molar-refractivity contribution in [3.05, 3.63) is 71.3 Å². The lowest BCUT2D eigenvalue weighted by atomic mass is 9.89. The summed E-state index contributed by atoms with van der Waals surface area (Å²) >= 11 is 0. The minimum atomic E-state index is -0.0295. The summed E-state index contributed by atoms with van der Waals surface area (Å²) in [6.45, 7) is 4.39. The topological polar surface area (TPSA) is 83.0 Å². The summed E-state index contributed by atoms with van der Waals surface area (Å²) in [7, 11) is 2.23. The maximum Gasteiger partial charge on any atom is 0.549 e. The van der Waals surface area contributed by atoms with Gasteiger partial charge in [-0.2, -0.15) is 0 Å². The molecule has 6 rings (SSSR count). The molecule has 0 amide bonds. The lowest BCUT2D eigenvalue weighted by molar-refractivity contribution is -0.508. The normalized spacial score (nSPS) is 26.4. The van der Waals surface area contributed by atoms with Gasteiger partial charge in [0.1, 0.15) is 11.9 Å². The summed E-state index contributed by atoms with van der Waals surface area (Å²) in [4.78, 5) is 4.67. The van der Waals surface area contributed by atoms with E-state index in [0.717, 1.165) is 30.0 Å². The Morgan fingerprint density at radius 2 is 1.97 bits per heavy atom. The van der Waals surface area contributed by atoms with Crippen molar-refractivity contribution in [2.75, 3.05) is 25.4 Å². The predicted octanol–water partition coefficient (Wildman–Crippen LogP) is 0.925. The summed E-state index contributed by atoms with van der Waals surface area (Å²) in [5.41, 5.74) is 18.5. The Labute approximate surface area is 188 Å². The van der Waals surface area contributed by atoms with E-state index in [4.69, 9.17) is 5.73 Å². The number of hydrogen-bond acceptors (Lipinski definition) is 6. The van der Waals surface area contributed by atoms with Gasteiger partial charge in [0.2, 0.25) is 0 Å². The molecule has 5 N–H and O–H groups in total. The van der Waals surface area contributed by atoms with E-state index in [2.05, 4.69) is 70.0 Å². The molecule has 0 aromatic heterocycles. The molecule has 32 heavy (non-hydrogen) atoms. The smallest absolute Gasteiger partial charge is 0.399 e. The molecule has 1 saturated heterocycles. The van der Waals surface area contributed by atoms with E-state index >= 15 is 0 Å². The summed E-state index contributed by atoms with van der Waals surface area (Å²) in [6, 6.07) is 8.16. The van der Waals surface area contributed by atoms with Crippen molar-refractivity contribution in [2.24, 2.45) is 5.92 Å². The fourth-order valence-electron chi connectivity index (χ4n) is 5.31. The van der Waals surface area contributed by atoms with Crippen molar-refractivity contribution in [3.8, 4) is 0 Å². The third kappa shape index (κ3) is 2.96. The Balaban J connectivity index is 1.46. The first-order chi connectivity index (χ1) is 15.6. The highest BCUT2D eigenvalue weighted by Gasteiger charge is 2.49. The molecule has 8 nitrogen and oxygen atoms in total. The van der Waals surface area contributed by atoms with Crippen molar-refractivity contribution >= 4 is 24.6 Å². The number of amidine groups is 1. The highest BCUT2D eigenvalue weighted by Crippen LogP contribution is 2.44. The van der Waals surface area contributed by atoms with Crippen molar-refractivity contribution in [3.63, 3.8) is 0 Å². The van der Waals surface area contributed by atoms with Gasteiger partial charge in [0.15, 0.2) is 0 Å². The molecule has 2 unspecified atom stereocenters. The summed E-state index contributed by atoms with van der Waals surface area (Å²) in [5.74, 6) is 1.50. The minimum Gasteiger partial charge on any atom is -0.399 e. The lowest BCUT2D eigenvalue weighted by Crippen LogP contribution is -2.57. The fraction of sp³-hybridized carbons (Fsp3) is 0.348. The van der Waals surface area contributed by atoms with E-state index in [0.29, 0.717) is 0 Å². The Kier molecular flexibility index (Phi) is 4.55. The number of aliphatic hydroxyl groups is 1. The van der Waals surface area contributed by atoms with Crippen molar-refractivity contribution < 1.29 is 9.68 Å². The van der Waals surface area contributed by atoms with Gasteiger partial charge >= 0.3 is 7.55 Å². The van der Waals surface area contributed by atoms with Gasteiger partial charge in [0.05, 0.1) is 25.4 Å². The maximum absolute atomic E-state index is 9.54. The SMILES string of the molecule is CC1C=C2C(c3ccc(N)cc3)=C3C=CC(=[N+]4CCCC4)N3[B]N2C1N1C=C(CO)NN1. The van der Waals surface area contributed by atoms with Crippen molar-refractivity contribution in [1.82, 2.24) is 25.6 Å². The lowest BCUT2D eigenvalue weighted by Gasteiger charge is -2.40. The van der Waals surface area contributed by atoms with Crippen molar-refractivity contribution in [2.45, 2.75) is 25.9 Å². The van der Waals surface area contributed by atoms with E-state index < -0.39 is 0 Å². The van der Waals surface area contributed by atoms with Crippen LogP contribution in [0.1, 0.15) is 25.3 Å². The molecule has 163 valence electrons. The van der Waals surface area contributed by atoms with Gasteiger partial charge in [-0.25, -0.2) is 0 Å². The first kappa shape index (κ1) is 19.5. The summed E-state index contributed by atoms with van der Waals surface area (Å²) in [5, 5.41) is 11.6. The molecule has 5 aliphatic rings. The second-order valence-electron chi connectivity index (χ2n) is 8.94. The minimum absolute atomic E-state index is 0.0295. The standard InChI is InChI=1S/C23H27BN7O/c1-15-12-20-22(16-4-6-17(25)7-5-16)19-8-9-21(28-10-2-3-11-28)30(19)24-31(20)23(15)29-13-18(14-32)26-27-29/h4-9,12-13,15,23,25-27,32H,2-3,10-11,14H2,1H3/p+1. The third-order valence-corrected chi connectivity index (χ3v) is 6.83. The van der Waals surface area contributed by atoms with Crippen LogP contribution < -0.4 is 16.7 Å². The average Bonchev–Trinajstić information content (AvgIpc) is 3.58. The number of hydrazine groups is 2. The van der Waals surface area contributed by atoms with Crippen LogP contribution in [0.2, 0.25) is 0 Å². The number of anilines is 1. The number of hydrogen-bond donors (Lipinski definition) is 4. The predicted molar refractivity (Wildman–Crippen MR) is 125 cm³/mol. The molecule has 1 fully saturated rings. The van der Waals surface area contributed by atoms with Crippen LogP contribution in [-0.2, 0) is 0 Å². The van der Waals surface area contributed by atoms with Crippen LogP contribution >= 0.6 is 0 Å². The van der Waals surface area contributed by atoms with Crippen LogP contribution in [0.5, 0.6) is 0 Å². The molecule has 0 aliphatic carbocycles. The second kappa shape index (κ2) is 7.46. The monoisotopic (exact) mass is 429 g/mol. The number of aliphatic hydroxyl groups excluding tert-OH is 1. The molecule has 2 atom stereocenters. The Hall–Kier alpha value is -3.17. The Bertz CT molecular complexity index is 1100. The van der Waals surface area contributed by atoms with Gasteiger partial charge in [-0.3, -0.25) is 14.4 Å². The molecule has 1 aromatic rings. The van der Waals surface area contributed by atoms with Crippen LogP contribution in [0.15, 0.2) is 65.8 Å². The van der Waals surface area contributed by atoms with Gasteiger partial charge < -0.3 is 21.1 Å². The molecule has 0 saturated carbocycles. The Morgan fingerprint density at radius 1 is 1.19 bits per heavy atom. The van der Waals surface area contributed by atoms with Crippen LogP contribution in [0.25, 0.3) is 5.57 Å². The van der Waals surface area contributed by atoms with Gasteiger partial charge in [0.25, 0.3) is 5.84 Å². The zero-order valence-electron chi connectivity index (χ0n) is 18.2. The largest absolute Gasteiger partial charge is 0.549 e. The molecule has 9 heteroatoms. The number of fused-ring (bicyclic) bond motifs is 2. The highest BCUT2D eigenvalue weighted by molar-refractivity contribution is 6.40. The number of nitrogen functional groups attached to an aromatic ring is 1. The third-order valence-electron chi connectivity index (χ3n) is 6.83. The molecule has 0 spiro atoms. The van der Waals surface area contributed by atoms with Gasteiger partial charge in [-0.1, -0.05) is 25.1 Å². The van der Waals surface area contributed by atoms with Crippen LogP contribution in [0.3, 0.4) is 0 Å². The van der Waals surface area contributed by atoms with Gasteiger partial charge in [0, 0.05) is 35.2 Å². The fourth-order valence-corrected chi connectivity index (χ4v) is 5.31. The number of nitrogens with zero attached hydrogens (tertiary/aromatic N) is 4. The van der Waals surface area contributed by atoms with E-state index in [9.17, 15) is 5.11 Å².